The predicted molar refractivity (Wildman–Crippen MR) is 102 cm³/mol. The number of halogens is 1. The number of carbonyl (C=O) groups excluding carboxylic acids is 2. The fourth-order valence-corrected chi connectivity index (χ4v) is 4.33. The van der Waals surface area contributed by atoms with Crippen LogP contribution in [0.2, 0.25) is 5.02 Å². The third-order valence-electron chi connectivity index (χ3n) is 3.68. The van der Waals surface area contributed by atoms with Crippen LogP contribution in [0.4, 0.5) is 5.69 Å². The number of esters is 1. The van der Waals surface area contributed by atoms with Gasteiger partial charge >= 0.3 is 5.97 Å². The van der Waals surface area contributed by atoms with Gasteiger partial charge in [0.15, 0.2) is 6.61 Å². The first kappa shape index (κ1) is 18.0. The van der Waals surface area contributed by atoms with Gasteiger partial charge in [-0.15, -0.1) is 23.1 Å². The van der Waals surface area contributed by atoms with E-state index < -0.39 is 11.2 Å². The highest BCUT2D eigenvalue weighted by atomic mass is 35.5. The summed E-state index contributed by atoms with van der Waals surface area (Å²) in [7, 11) is 0. The minimum Gasteiger partial charge on any atom is -0.456 e. The zero-order valence-corrected chi connectivity index (χ0v) is 16.1. The van der Waals surface area contributed by atoms with Crippen molar-refractivity contribution in [2.45, 2.75) is 23.2 Å². The summed E-state index contributed by atoms with van der Waals surface area (Å²) < 4.78 is 10.2. The maximum Gasteiger partial charge on any atom is 0.307 e. The molecule has 0 fully saturated rings. The number of nitrogens with one attached hydrogen (secondary N) is 1. The van der Waals surface area contributed by atoms with Crippen LogP contribution in [-0.2, 0) is 20.9 Å². The van der Waals surface area contributed by atoms with Crippen molar-refractivity contribution in [2.75, 3.05) is 5.32 Å². The number of rotatable bonds is 5. The van der Waals surface area contributed by atoms with Gasteiger partial charge in [0.2, 0.25) is 11.7 Å². The van der Waals surface area contributed by atoms with E-state index in [0.29, 0.717) is 16.5 Å². The van der Waals surface area contributed by atoms with Gasteiger partial charge in [-0.05, 0) is 29.6 Å². The topological polar surface area (TPSA) is 94.3 Å². The summed E-state index contributed by atoms with van der Waals surface area (Å²) in [5, 5.41) is 8.48. The molecule has 3 heterocycles. The Morgan fingerprint density at radius 1 is 1.37 bits per heavy atom. The van der Waals surface area contributed by atoms with Crippen molar-refractivity contribution in [1.82, 2.24) is 10.1 Å². The zero-order valence-electron chi connectivity index (χ0n) is 13.7. The lowest BCUT2D eigenvalue weighted by Gasteiger charge is -2.23. The van der Waals surface area contributed by atoms with Crippen LogP contribution in [-0.4, -0.2) is 27.3 Å². The predicted octanol–water partition coefficient (Wildman–Crippen LogP) is 4.00. The number of amides is 1. The van der Waals surface area contributed by atoms with E-state index in [1.54, 1.807) is 12.1 Å². The summed E-state index contributed by atoms with van der Waals surface area (Å²) in [5.41, 5.74) is 0.647. The maximum atomic E-state index is 12.2. The molecule has 4 rings (SSSR count). The second-order valence-corrected chi connectivity index (χ2v) is 8.22. The average molecular weight is 422 g/mol. The largest absolute Gasteiger partial charge is 0.456 e. The molecule has 1 aromatic carbocycles. The molecule has 0 bridgehead atoms. The number of hydrogen-bond acceptors (Lipinski definition) is 8. The fourth-order valence-electron chi connectivity index (χ4n) is 2.43. The van der Waals surface area contributed by atoms with E-state index in [1.165, 1.54) is 23.1 Å². The molecule has 0 saturated heterocycles. The van der Waals surface area contributed by atoms with Crippen LogP contribution < -0.4 is 5.32 Å². The molecular weight excluding hydrogens is 410 g/mol. The average Bonchev–Trinajstić information content (AvgIpc) is 3.32. The molecule has 138 valence electrons. The van der Waals surface area contributed by atoms with Gasteiger partial charge < -0.3 is 14.6 Å². The smallest absolute Gasteiger partial charge is 0.307 e. The van der Waals surface area contributed by atoms with E-state index >= 15 is 0 Å². The third-order valence-corrected chi connectivity index (χ3v) is 6.06. The first-order valence-electron chi connectivity index (χ1n) is 7.87. The van der Waals surface area contributed by atoms with E-state index in [-0.39, 0.29) is 24.8 Å². The molecule has 1 aliphatic rings. The van der Waals surface area contributed by atoms with Crippen LogP contribution in [0, 0.1) is 0 Å². The number of carbonyl (C=O) groups is 2. The SMILES string of the molecule is O=C(C[C@@H]1Sc2ccc(Cl)cc2NC1=O)OCc1nc(-c2cccs2)no1. The van der Waals surface area contributed by atoms with Crippen molar-refractivity contribution in [1.29, 1.82) is 0 Å². The van der Waals surface area contributed by atoms with E-state index in [1.807, 2.05) is 23.6 Å². The molecule has 2 aromatic heterocycles. The number of benzene rings is 1. The highest BCUT2D eigenvalue weighted by Crippen LogP contribution is 2.38. The van der Waals surface area contributed by atoms with Gasteiger partial charge in [-0.2, -0.15) is 4.98 Å². The maximum absolute atomic E-state index is 12.2. The van der Waals surface area contributed by atoms with Gasteiger partial charge in [0, 0.05) is 9.92 Å². The number of ether oxygens (including phenoxy) is 1. The van der Waals surface area contributed by atoms with Crippen LogP contribution in [0.25, 0.3) is 10.7 Å². The Balaban J connectivity index is 1.33. The molecule has 0 spiro atoms. The molecule has 27 heavy (non-hydrogen) atoms. The molecule has 1 atom stereocenters. The number of nitrogens with zero attached hydrogens (tertiary/aromatic N) is 2. The minimum absolute atomic E-state index is 0.0650. The molecule has 1 amide bonds. The number of thioether (sulfide) groups is 1. The number of hydrogen-bond donors (Lipinski definition) is 1. The second kappa shape index (κ2) is 7.71. The second-order valence-electron chi connectivity index (χ2n) is 5.59. The van der Waals surface area contributed by atoms with Crippen LogP contribution in [0.15, 0.2) is 45.1 Å². The van der Waals surface area contributed by atoms with Crippen molar-refractivity contribution < 1.29 is 18.8 Å². The van der Waals surface area contributed by atoms with Gasteiger partial charge in [-0.25, -0.2) is 0 Å². The summed E-state index contributed by atoms with van der Waals surface area (Å²) in [4.78, 5) is 30.2. The Bertz CT molecular complexity index is 990. The molecule has 0 saturated carbocycles. The van der Waals surface area contributed by atoms with Crippen molar-refractivity contribution in [3.8, 4) is 10.7 Å². The minimum atomic E-state index is -0.574. The molecule has 7 nitrogen and oxygen atoms in total. The molecule has 10 heteroatoms. The summed E-state index contributed by atoms with van der Waals surface area (Å²) in [5.74, 6) is -0.124. The Labute approximate surface area is 167 Å². The Kier molecular flexibility index (Phi) is 5.15. The van der Waals surface area contributed by atoms with E-state index in [0.717, 1.165) is 9.77 Å². The van der Waals surface area contributed by atoms with Crippen LogP contribution in [0.1, 0.15) is 12.3 Å². The lowest BCUT2D eigenvalue weighted by Crippen LogP contribution is -2.31. The number of anilines is 1. The van der Waals surface area contributed by atoms with Crippen LogP contribution in [0.3, 0.4) is 0 Å². The van der Waals surface area contributed by atoms with Crippen molar-refractivity contribution in [3.05, 3.63) is 46.6 Å². The lowest BCUT2D eigenvalue weighted by atomic mass is 10.2. The van der Waals surface area contributed by atoms with Crippen molar-refractivity contribution in [2.24, 2.45) is 0 Å². The quantitative estimate of drug-likeness (QED) is 0.622. The number of thiophene rings is 1. The third kappa shape index (κ3) is 4.15. The first-order valence-corrected chi connectivity index (χ1v) is 10.0. The summed E-state index contributed by atoms with van der Waals surface area (Å²) in [6.45, 7) is -0.136. The van der Waals surface area contributed by atoms with Crippen LogP contribution >= 0.6 is 34.7 Å². The highest BCUT2D eigenvalue weighted by molar-refractivity contribution is 8.01. The Morgan fingerprint density at radius 2 is 2.26 bits per heavy atom. The molecule has 1 aliphatic heterocycles. The van der Waals surface area contributed by atoms with E-state index in [2.05, 4.69) is 15.5 Å². The standard InChI is InChI=1S/C17H12ClN3O4S2/c18-9-3-4-11-10(6-9)19-17(23)13(27-11)7-15(22)24-8-14-20-16(21-25-14)12-2-1-5-26-12/h1-6,13H,7-8H2,(H,19,23)/t13-/m0/s1. The molecule has 1 N–H and O–H groups in total. The molecule has 3 aromatic rings. The number of aromatic nitrogens is 2. The van der Waals surface area contributed by atoms with Crippen LogP contribution in [0.5, 0.6) is 0 Å². The van der Waals surface area contributed by atoms with Gasteiger partial charge in [0.25, 0.3) is 5.89 Å². The van der Waals surface area contributed by atoms with Gasteiger partial charge in [-0.3, -0.25) is 9.59 Å². The van der Waals surface area contributed by atoms with Gasteiger partial charge in [0.1, 0.15) is 0 Å². The normalized spacial score (nSPS) is 15.9. The van der Waals surface area contributed by atoms with E-state index in [4.69, 9.17) is 20.9 Å². The van der Waals surface area contributed by atoms with Gasteiger partial charge in [0.05, 0.1) is 22.2 Å². The fraction of sp³-hybridized carbons (Fsp3) is 0.176. The molecular formula is C17H12ClN3O4S2. The number of fused-ring (bicyclic) bond motifs is 1. The molecule has 0 radical (unpaired) electrons. The monoisotopic (exact) mass is 421 g/mol. The lowest BCUT2D eigenvalue weighted by molar-refractivity contribution is -0.146. The molecule has 0 unspecified atom stereocenters. The summed E-state index contributed by atoms with van der Waals surface area (Å²) in [6.07, 6.45) is -0.0650. The van der Waals surface area contributed by atoms with Crippen molar-refractivity contribution >= 4 is 52.3 Å². The first-order chi connectivity index (χ1) is 13.1. The Morgan fingerprint density at radius 3 is 3.07 bits per heavy atom. The highest BCUT2D eigenvalue weighted by Gasteiger charge is 2.30. The molecule has 0 aliphatic carbocycles. The zero-order chi connectivity index (χ0) is 18.8. The summed E-state index contributed by atoms with van der Waals surface area (Å²) >= 11 is 8.71. The Hall–Kier alpha value is -2.36. The summed E-state index contributed by atoms with van der Waals surface area (Å²) in [6, 6.07) is 8.98. The van der Waals surface area contributed by atoms with Crippen molar-refractivity contribution in [3.63, 3.8) is 0 Å². The van der Waals surface area contributed by atoms with Gasteiger partial charge in [-0.1, -0.05) is 22.8 Å². The van der Waals surface area contributed by atoms with E-state index in [9.17, 15) is 9.59 Å².